The van der Waals surface area contributed by atoms with Gasteiger partial charge in [0.1, 0.15) is 0 Å². The molecule has 1 aromatic carbocycles. The lowest BCUT2D eigenvalue weighted by Crippen LogP contribution is -2.34. The van der Waals surface area contributed by atoms with Crippen molar-refractivity contribution in [3.05, 3.63) is 29.8 Å². The topological polar surface area (TPSA) is 78.3 Å². The largest absolute Gasteiger partial charge is 0.451 e. The fourth-order valence-electron chi connectivity index (χ4n) is 5.42. The van der Waals surface area contributed by atoms with E-state index in [-0.39, 0.29) is 0 Å². The molecular formula is C25H63N13P5+. The predicted molar refractivity (Wildman–Crippen MR) is 201 cm³/mol. The monoisotopic (exact) mass is 700 g/mol. The summed E-state index contributed by atoms with van der Waals surface area (Å²) in [5.74, 6) is 0. The summed E-state index contributed by atoms with van der Waals surface area (Å²) in [5.41, 5.74) is 1.16. The first-order valence-corrected chi connectivity index (χ1v) is 21.1. The summed E-state index contributed by atoms with van der Waals surface area (Å²) in [7, 11) is 30.3. The van der Waals surface area contributed by atoms with E-state index < -0.39 is 30.4 Å². The molecule has 0 saturated heterocycles. The highest BCUT2D eigenvalue weighted by atomic mass is 31.3. The third-order valence-electron chi connectivity index (χ3n) is 7.04. The second-order valence-corrected chi connectivity index (χ2v) is 26.8. The van der Waals surface area contributed by atoms with Gasteiger partial charge < -0.3 is 0 Å². The quantitative estimate of drug-likeness (QED) is 0.257. The second kappa shape index (κ2) is 16.5. The SMILES string of the molecule is CN(C)P(=N[P+](N=P(N(C)C)(N(C)C)N(C)C)(N=P(N(C)C)(N(C)C)N(C)C)NCc1ccc(P)cc1)(N(C)C)N(C)C. The zero-order chi connectivity index (χ0) is 33.7. The molecule has 1 aromatic rings. The normalized spacial score (nSPS) is 14.1. The van der Waals surface area contributed by atoms with Gasteiger partial charge in [0.25, 0.3) is 0 Å². The molecule has 43 heavy (non-hydrogen) atoms. The van der Waals surface area contributed by atoms with Gasteiger partial charge in [-0.3, -0.25) is 0 Å². The van der Waals surface area contributed by atoms with E-state index in [4.69, 9.17) is 13.5 Å². The maximum Gasteiger partial charge on any atom is 0.451 e. The van der Waals surface area contributed by atoms with Crippen molar-refractivity contribution in [2.75, 3.05) is 127 Å². The Bertz CT molecular complexity index is 999. The van der Waals surface area contributed by atoms with Crippen LogP contribution in [0.4, 0.5) is 0 Å². The van der Waals surface area contributed by atoms with Gasteiger partial charge in [0.15, 0.2) is 0 Å². The summed E-state index contributed by atoms with van der Waals surface area (Å²) < 4.78 is 38.2. The molecule has 0 aliphatic heterocycles. The number of rotatable bonds is 15. The first kappa shape index (κ1) is 41.4. The van der Waals surface area contributed by atoms with Gasteiger partial charge in [0.2, 0.25) is 22.5 Å². The van der Waals surface area contributed by atoms with Crippen molar-refractivity contribution >= 4 is 44.9 Å². The van der Waals surface area contributed by atoms with Gasteiger partial charge >= 0.3 is 7.87 Å². The van der Waals surface area contributed by atoms with E-state index in [0.29, 0.717) is 6.54 Å². The maximum atomic E-state index is 5.98. The van der Waals surface area contributed by atoms with Crippen molar-refractivity contribution < 1.29 is 0 Å². The Kier molecular flexibility index (Phi) is 15.8. The highest BCUT2D eigenvalue weighted by molar-refractivity contribution is 7.84. The molecular weight excluding hydrogens is 637 g/mol. The zero-order valence-corrected chi connectivity index (χ0v) is 35.0. The summed E-state index contributed by atoms with van der Waals surface area (Å²) in [6.45, 7) is 0.575. The molecule has 0 aromatic heterocycles. The summed E-state index contributed by atoms with van der Waals surface area (Å²) >= 11 is 0. The molecule has 0 fully saturated rings. The van der Waals surface area contributed by atoms with Gasteiger partial charge in [0.05, 0.1) is 6.54 Å². The first-order chi connectivity index (χ1) is 19.6. The average molecular weight is 701 g/mol. The van der Waals surface area contributed by atoms with Crippen LogP contribution in [-0.4, -0.2) is 169 Å². The first-order valence-electron chi connectivity index (χ1n) is 14.1. The standard InChI is InChI=1S/C25H63N13P5/c1-30(2)41(31(3)4,32(5)6)27-40(26-23-24-19-21-25(39)22-20-24,28-42(33(7)8,34(9)10)35(11)12)29-43(36(13)14,37(15)16)38(17)18/h19-22,26H,23,39H2,1-18H3/q+1. The Balaban J connectivity index is 4.80. The zero-order valence-electron chi connectivity index (χ0n) is 30.2. The van der Waals surface area contributed by atoms with E-state index in [1.807, 2.05) is 0 Å². The van der Waals surface area contributed by atoms with Crippen LogP contribution in [0.15, 0.2) is 37.8 Å². The van der Waals surface area contributed by atoms with Crippen LogP contribution in [-0.2, 0) is 6.54 Å². The van der Waals surface area contributed by atoms with Crippen molar-refractivity contribution in [3.8, 4) is 0 Å². The van der Waals surface area contributed by atoms with Crippen LogP contribution in [0.1, 0.15) is 5.56 Å². The van der Waals surface area contributed by atoms with Crippen molar-refractivity contribution in [1.29, 1.82) is 0 Å². The lowest BCUT2D eigenvalue weighted by Gasteiger charge is -2.43. The smallest absolute Gasteiger partial charge is 0.249 e. The van der Waals surface area contributed by atoms with Crippen LogP contribution < -0.4 is 10.4 Å². The highest BCUT2D eigenvalue weighted by Crippen LogP contribution is 2.80. The lowest BCUT2D eigenvalue weighted by atomic mass is 10.2. The Morgan fingerprint density at radius 1 is 0.488 bits per heavy atom. The van der Waals surface area contributed by atoms with Gasteiger partial charge in [-0.15, -0.1) is 14.3 Å². The van der Waals surface area contributed by atoms with E-state index in [9.17, 15) is 0 Å². The van der Waals surface area contributed by atoms with Crippen molar-refractivity contribution in [1.82, 2.24) is 47.1 Å². The van der Waals surface area contributed by atoms with Gasteiger partial charge in [-0.25, -0.2) is 42.0 Å². The molecule has 0 radical (unpaired) electrons. The van der Waals surface area contributed by atoms with Crippen molar-refractivity contribution in [2.45, 2.75) is 6.54 Å². The third kappa shape index (κ3) is 8.84. The Morgan fingerprint density at radius 3 is 0.930 bits per heavy atom. The van der Waals surface area contributed by atoms with Gasteiger partial charge in [-0.05, 0) is 151 Å². The number of nitrogens with one attached hydrogen (secondary N) is 1. The molecule has 0 saturated carbocycles. The van der Waals surface area contributed by atoms with E-state index >= 15 is 0 Å². The van der Waals surface area contributed by atoms with E-state index in [1.54, 1.807) is 0 Å². The number of benzene rings is 1. The minimum Gasteiger partial charge on any atom is -0.249 e. The van der Waals surface area contributed by atoms with E-state index in [1.165, 1.54) is 0 Å². The van der Waals surface area contributed by atoms with Crippen LogP contribution in [0.2, 0.25) is 0 Å². The van der Waals surface area contributed by atoms with Crippen molar-refractivity contribution in [3.63, 3.8) is 0 Å². The molecule has 13 nitrogen and oxygen atoms in total. The maximum absolute atomic E-state index is 5.98. The summed E-state index contributed by atoms with van der Waals surface area (Å²) in [5, 5.41) is 5.13. The van der Waals surface area contributed by atoms with Crippen molar-refractivity contribution in [2.24, 2.45) is 13.5 Å². The van der Waals surface area contributed by atoms with E-state index in [0.717, 1.165) is 10.9 Å². The van der Waals surface area contributed by atoms with Crippen LogP contribution >= 0.6 is 39.6 Å². The molecule has 0 heterocycles. The van der Waals surface area contributed by atoms with Gasteiger partial charge in [0, 0.05) is 0 Å². The molecule has 1 unspecified atom stereocenters. The molecule has 1 atom stereocenters. The molecule has 0 spiro atoms. The molecule has 252 valence electrons. The Morgan fingerprint density at radius 2 is 0.721 bits per heavy atom. The number of hydrogen-bond acceptors (Lipinski definition) is 4. The van der Waals surface area contributed by atoms with Crippen LogP contribution in [0.25, 0.3) is 0 Å². The third-order valence-corrected chi connectivity index (χ3v) is 23.5. The van der Waals surface area contributed by atoms with Crippen LogP contribution in [0.5, 0.6) is 0 Å². The number of nitrogens with zero attached hydrogens (tertiary/aromatic N) is 12. The second-order valence-electron chi connectivity index (χ2n) is 12.1. The van der Waals surface area contributed by atoms with Crippen LogP contribution in [0, 0.1) is 0 Å². The lowest BCUT2D eigenvalue weighted by molar-refractivity contribution is 0.472. The molecule has 0 amide bonds. The van der Waals surface area contributed by atoms with Gasteiger partial charge in [-0.1, -0.05) is 24.3 Å². The minimum absolute atomic E-state index is 0.575. The van der Waals surface area contributed by atoms with Gasteiger partial charge in [-0.2, -0.15) is 0 Å². The molecule has 0 bridgehead atoms. The van der Waals surface area contributed by atoms with E-state index in [2.05, 4.69) is 207 Å². The Labute approximate surface area is 268 Å². The fourth-order valence-corrected chi connectivity index (χ4v) is 24.4. The molecule has 1 rings (SSSR count). The molecule has 18 heteroatoms. The Hall–Kier alpha value is 0.370. The molecule has 0 aliphatic carbocycles. The average Bonchev–Trinajstić information content (AvgIpc) is 2.86. The van der Waals surface area contributed by atoms with Crippen LogP contribution in [0.3, 0.4) is 0 Å². The summed E-state index contributed by atoms with van der Waals surface area (Å²) in [6.07, 6.45) is 0. The summed E-state index contributed by atoms with van der Waals surface area (Å²) in [4.78, 5) is 0. The summed E-state index contributed by atoms with van der Waals surface area (Å²) in [6, 6.07) is 8.57. The number of hydrogen-bond donors (Lipinski definition) is 1. The predicted octanol–water partition coefficient (Wildman–Crippen LogP) is 4.85. The minimum atomic E-state index is -3.13. The highest BCUT2D eigenvalue weighted by Gasteiger charge is 2.53. The molecule has 1 N–H and O–H groups in total. The fraction of sp³-hybridized carbons (Fsp3) is 0.760. The molecule has 0 aliphatic rings.